The van der Waals surface area contributed by atoms with Crippen LogP contribution in [0.5, 0.6) is 0 Å². The lowest BCUT2D eigenvalue weighted by Crippen LogP contribution is -2.36. The van der Waals surface area contributed by atoms with Crippen molar-refractivity contribution in [2.45, 2.75) is 19.6 Å². The Kier molecular flexibility index (Phi) is 7.49. The van der Waals surface area contributed by atoms with E-state index in [-0.39, 0.29) is 6.03 Å². The minimum absolute atomic E-state index is 0.0698. The van der Waals surface area contributed by atoms with Gasteiger partial charge in [-0.3, -0.25) is 0 Å². The summed E-state index contributed by atoms with van der Waals surface area (Å²) in [6, 6.07) is 16.7. The molecular formula is C23H32N4O2. The molecule has 3 rings (SSSR count). The third kappa shape index (κ3) is 6.48. The lowest BCUT2D eigenvalue weighted by Gasteiger charge is -2.29. The zero-order valence-electron chi connectivity index (χ0n) is 17.7. The molecule has 1 N–H and O–H groups in total. The number of benzene rings is 2. The quantitative estimate of drug-likeness (QED) is 0.782. The highest BCUT2D eigenvalue weighted by molar-refractivity contribution is 5.73. The maximum absolute atomic E-state index is 12.4. The van der Waals surface area contributed by atoms with Crippen LogP contribution in [0.15, 0.2) is 48.5 Å². The van der Waals surface area contributed by atoms with Crippen molar-refractivity contribution in [3.63, 3.8) is 0 Å². The van der Waals surface area contributed by atoms with Crippen LogP contribution < -0.4 is 10.2 Å². The summed E-state index contributed by atoms with van der Waals surface area (Å²) in [5.74, 6) is 0. The number of urea groups is 1. The maximum atomic E-state index is 12.4. The van der Waals surface area contributed by atoms with Crippen LogP contribution in [0.3, 0.4) is 0 Å². The van der Waals surface area contributed by atoms with E-state index in [2.05, 4.69) is 77.7 Å². The number of anilines is 1. The van der Waals surface area contributed by atoms with Crippen molar-refractivity contribution in [1.29, 1.82) is 0 Å². The molecule has 2 aromatic carbocycles. The third-order valence-electron chi connectivity index (χ3n) is 5.04. The van der Waals surface area contributed by atoms with Crippen molar-refractivity contribution in [3.05, 3.63) is 65.2 Å². The van der Waals surface area contributed by atoms with E-state index in [1.807, 2.05) is 7.05 Å². The van der Waals surface area contributed by atoms with Crippen LogP contribution in [0, 0.1) is 0 Å². The zero-order chi connectivity index (χ0) is 20.6. The van der Waals surface area contributed by atoms with E-state index in [4.69, 9.17) is 4.74 Å². The predicted molar refractivity (Wildman–Crippen MR) is 117 cm³/mol. The van der Waals surface area contributed by atoms with Crippen LogP contribution in [0.2, 0.25) is 0 Å². The third-order valence-corrected chi connectivity index (χ3v) is 5.04. The smallest absolute Gasteiger partial charge is 0.317 e. The first kappa shape index (κ1) is 21.1. The number of carbonyl (C=O) groups is 1. The van der Waals surface area contributed by atoms with Gasteiger partial charge in [-0.15, -0.1) is 0 Å². The van der Waals surface area contributed by atoms with Gasteiger partial charge in [0.15, 0.2) is 0 Å². The van der Waals surface area contributed by atoms with Gasteiger partial charge in [-0.2, -0.15) is 0 Å². The average molecular weight is 397 g/mol. The van der Waals surface area contributed by atoms with Gasteiger partial charge in [-0.25, -0.2) is 4.79 Å². The lowest BCUT2D eigenvalue weighted by molar-refractivity contribution is 0.122. The molecule has 0 spiro atoms. The highest BCUT2D eigenvalue weighted by atomic mass is 16.5. The number of morpholine rings is 1. The minimum Gasteiger partial charge on any atom is -0.378 e. The van der Waals surface area contributed by atoms with E-state index in [1.54, 1.807) is 4.90 Å². The van der Waals surface area contributed by atoms with Crippen LogP contribution >= 0.6 is 0 Å². The number of amides is 2. The summed E-state index contributed by atoms with van der Waals surface area (Å²) in [7, 11) is 5.94. The number of hydrogen-bond acceptors (Lipinski definition) is 4. The molecule has 0 aromatic heterocycles. The molecule has 0 atom stereocenters. The lowest BCUT2D eigenvalue weighted by atomic mass is 10.1. The Morgan fingerprint density at radius 3 is 2.07 bits per heavy atom. The van der Waals surface area contributed by atoms with Crippen molar-refractivity contribution in [3.8, 4) is 0 Å². The normalized spacial score (nSPS) is 14.1. The van der Waals surface area contributed by atoms with Crippen molar-refractivity contribution >= 4 is 11.7 Å². The van der Waals surface area contributed by atoms with Gasteiger partial charge in [0, 0.05) is 45.5 Å². The standard InChI is InChI=1S/C23H32N4O2/c1-25(2)17-20-6-4-19(5-7-20)16-24-23(28)26(3)18-21-8-10-22(11-9-21)27-12-14-29-15-13-27/h4-11H,12-18H2,1-3H3,(H,24,28). The van der Waals surface area contributed by atoms with Crippen molar-refractivity contribution in [1.82, 2.24) is 15.1 Å². The summed E-state index contributed by atoms with van der Waals surface area (Å²) < 4.78 is 5.41. The molecule has 1 aliphatic rings. The number of rotatable bonds is 7. The Morgan fingerprint density at radius 2 is 1.45 bits per heavy atom. The van der Waals surface area contributed by atoms with Crippen LogP contribution in [-0.4, -0.2) is 63.3 Å². The van der Waals surface area contributed by atoms with Gasteiger partial charge >= 0.3 is 6.03 Å². The second kappa shape index (κ2) is 10.3. The predicted octanol–water partition coefficient (Wildman–Crippen LogP) is 2.93. The molecule has 0 aliphatic carbocycles. The Balaban J connectivity index is 1.46. The van der Waals surface area contributed by atoms with E-state index < -0.39 is 0 Å². The van der Waals surface area contributed by atoms with Crippen LogP contribution in [-0.2, 0) is 24.4 Å². The molecule has 6 heteroatoms. The maximum Gasteiger partial charge on any atom is 0.317 e. The molecule has 0 bridgehead atoms. The molecule has 1 saturated heterocycles. The summed E-state index contributed by atoms with van der Waals surface area (Å²) in [5, 5.41) is 3.00. The minimum atomic E-state index is -0.0698. The summed E-state index contributed by atoms with van der Waals surface area (Å²) in [6.45, 7) is 5.44. The first-order valence-corrected chi connectivity index (χ1v) is 10.1. The highest BCUT2D eigenvalue weighted by Crippen LogP contribution is 2.17. The average Bonchev–Trinajstić information content (AvgIpc) is 2.74. The topological polar surface area (TPSA) is 48.1 Å². The fraction of sp³-hybridized carbons (Fsp3) is 0.435. The van der Waals surface area contributed by atoms with Gasteiger partial charge in [0.1, 0.15) is 0 Å². The van der Waals surface area contributed by atoms with E-state index in [0.717, 1.165) is 44.0 Å². The van der Waals surface area contributed by atoms with E-state index in [1.165, 1.54) is 11.3 Å². The summed E-state index contributed by atoms with van der Waals surface area (Å²) in [6.07, 6.45) is 0. The number of nitrogens with zero attached hydrogens (tertiary/aromatic N) is 3. The first-order chi connectivity index (χ1) is 14.0. The number of carbonyl (C=O) groups excluding carboxylic acids is 1. The molecule has 0 unspecified atom stereocenters. The fourth-order valence-electron chi connectivity index (χ4n) is 3.42. The molecule has 2 aromatic rings. The Bertz CT molecular complexity index is 768. The Labute approximate surface area is 174 Å². The summed E-state index contributed by atoms with van der Waals surface area (Å²) in [4.78, 5) is 18.6. The monoisotopic (exact) mass is 396 g/mol. The largest absolute Gasteiger partial charge is 0.378 e. The zero-order valence-corrected chi connectivity index (χ0v) is 17.7. The molecule has 1 fully saturated rings. The second-order valence-corrected chi connectivity index (χ2v) is 7.83. The molecule has 156 valence electrons. The number of hydrogen-bond donors (Lipinski definition) is 1. The van der Waals surface area contributed by atoms with E-state index in [0.29, 0.717) is 13.1 Å². The van der Waals surface area contributed by atoms with Gasteiger partial charge < -0.3 is 24.8 Å². The van der Waals surface area contributed by atoms with Crippen molar-refractivity contribution < 1.29 is 9.53 Å². The molecule has 1 heterocycles. The van der Waals surface area contributed by atoms with Gasteiger partial charge in [-0.1, -0.05) is 36.4 Å². The van der Waals surface area contributed by atoms with Gasteiger partial charge in [0.25, 0.3) is 0 Å². The van der Waals surface area contributed by atoms with E-state index in [9.17, 15) is 4.79 Å². The van der Waals surface area contributed by atoms with Crippen molar-refractivity contribution in [2.75, 3.05) is 52.3 Å². The Hall–Kier alpha value is -2.57. The van der Waals surface area contributed by atoms with Crippen LogP contribution in [0.25, 0.3) is 0 Å². The molecule has 1 aliphatic heterocycles. The highest BCUT2D eigenvalue weighted by Gasteiger charge is 2.12. The van der Waals surface area contributed by atoms with Crippen LogP contribution in [0.1, 0.15) is 16.7 Å². The van der Waals surface area contributed by atoms with Gasteiger partial charge in [0.2, 0.25) is 0 Å². The van der Waals surface area contributed by atoms with Crippen LogP contribution in [0.4, 0.5) is 10.5 Å². The number of nitrogens with one attached hydrogen (secondary N) is 1. The summed E-state index contributed by atoms with van der Waals surface area (Å²) in [5.41, 5.74) is 4.70. The number of ether oxygens (including phenoxy) is 1. The first-order valence-electron chi connectivity index (χ1n) is 10.1. The van der Waals surface area contributed by atoms with E-state index >= 15 is 0 Å². The summed E-state index contributed by atoms with van der Waals surface area (Å²) >= 11 is 0. The molecule has 0 radical (unpaired) electrons. The van der Waals surface area contributed by atoms with Gasteiger partial charge in [-0.05, 0) is 42.9 Å². The molecular weight excluding hydrogens is 364 g/mol. The molecule has 2 amide bonds. The molecule has 6 nitrogen and oxygen atoms in total. The van der Waals surface area contributed by atoms with Crippen molar-refractivity contribution in [2.24, 2.45) is 0 Å². The SMILES string of the molecule is CN(C)Cc1ccc(CNC(=O)N(C)Cc2ccc(N3CCOCC3)cc2)cc1. The molecule has 0 saturated carbocycles. The molecule has 29 heavy (non-hydrogen) atoms. The Morgan fingerprint density at radius 1 is 0.897 bits per heavy atom. The second-order valence-electron chi connectivity index (χ2n) is 7.83. The van der Waals surface area contributed by atoms with Gasteiger partial charge in [0.05, 0.1) is 13.2 Å². The fourth-order valence-corrected chi connectivity index (χ4v) is 3.42.